The van der Waals surface area contributed by atoms with Gasteiger partial charge < -0.3 is 5.32 Å². The largest absolute Gasteiger partial charge is 0.382 e. The number of nitrogens with one attached hydrogen (secondary N) is 2. The molecule has 0 aliphatic carbocycles. The van der Waals surface area contributed by atoms with Crippen LogP contribution in [-0.4, -0.2) is 33.6 Å². The van der Waals surface area contributed by atoms with E-state index in [1.54, 1.807) is 4.90 Å². The molecule has 0 radical (unpaired) electrons. The summed E-state index contributed by atoms with van der Waals surface area (Å²) in [5.74, 6) is 0.854. The molecular weight excluding hydrogens is 432 g/mol. The van der Waals surface area contributed by atoms with E-state index < -0.39 is 0 Å². The third kappa shape index (κ3) is 4.71. The van der Waals surface area contributed by atoms with Crippen LogP contribution in [0.15, 0.2) is 30.6 Å². The van der Waals surface area contributed by atoms with E-state index in [9.17, 15) is 4.79 Å². The van der Waals surface area contributed by atoms with Crippen molar-refractivity contribution >= 4 is 34.0 Å². The normalized spacial score (nSPS) is 18.3. The van der Waals surface area contributed by atoms with Crippen molar-refractivity contribution in [1.29, 1.82) is 0 Å². The van der Waals surface area contributed by atoms with Gasteiger partial charge in [0.25, 0.3) is 0 Å². The molecule has 1 aliphatic heterocycles. The Hall–Kier alpha value is -3.00. The second kappa shape index (κ2) is 8.74. The van der Waals surface area contributed by atoms with Gasteiger partial charge in [0, 0.05) is 35.4 Å². The van der Waals surface area contributed by atoms with Crippen LogP contribution in [0.4, 0.5) is 21.4 Å². The maximum Gasteiger partial charge on any atom is 0.329 e. The Balaban J connectivity index is 1.75. The maximum atomic E-state index is 13.5. The Labute approximate surface area is 199 Å². The molecule has 2 amide bonds. The standard InChI is InChI=1S/C25H32N6OS/c1-14-11-27-21-9-8-20(18-10-19(13-26-12-18)25(5,6)7)29-22(21)31(16(14)3)24(32)30-23-28-15(2)17(4)33-23/h8-10,12-14,16,27H,11H2,1-7H3,(H,28,30,32)/t14-,16-/m1/s1. The summed E-state index contributed by atoms with van der Waals surface area (Å²) >= 11 is 1.49. The second-order valence-electron chi connectivity index (χ2n) is 9.84. The zero-order chi connectivity index (χ0) is 23.9. The number of aromatic nitrogens is 3. The van der Waals surface area contributed by atoms with E-state index in [2.05, 4.69) is 61.3 Å². The van der Waals surface area contributed by atoms with Gasteiger partial charge in [0.15, 0.2) is 10.9 Å². The fourth-order valence-electron chi connectivity index (χ4n) is 3.77. The van der Waals surface area contributed by atoms with Crippen LogP contribution in [0.5, 0.6) is 0 Å². The highest BCUT2D eigenvalue weighted by Crippen LogP contribution is 2.35. The third-order valence-electron chi connectivity index (χ3n) is 6.31. The highest BCUT2D eigenvalue weighted by molar-refractivity contribution is 7.15. The molecule has 3 aromatic heterocycles. The predicted octanol–water partition coefficient (Wildman–Crippen LogP) is 6.00. The summed E-state index contributed by atoms with van der Waals surface area (Å²) in [7, 11) is 0. The lowest BCUT2D eigenvalue weighted by Gasteiger charge is -2.30. The Kier molecular flexibility index (Phi) is 6.14. The molecule has 33 heavy (non-hydrogen) atoms. The molecule has 0 spiro atoms. The molecule has 0 fully saturated rings. The van der Waals surface area contributed by atoms with Crippen LogP contribution < -0.4 is 15.5 Å². The molecule has 4 heterocycles. The molecule has 0 saturated carbocycles. The van der Waals surface area contributed by atoms with Crippen LogP contribution in [0, 0.1) is 19.8 Å². The number of carbonyl (C=O) groups excluding carboxylic acids is 1. The minimum atomic E-state index is -0.223. The number of hydrogen-bond acceptors (Lipinski definition) is 6. The fourth-order valence-corrected chi connectivity index (χ4v) is 4.57. The minimum Gasteiger partial charge on any atom is -0.382 e. The SMILES string of the molecule is Cc1nc(NC(=O)N2c3nc(-c4cncc(C(C)(C)C)c4)ccc3NC[C@@H](C)[C@H]2C)sc1C. The average Bonchev–Trinajstić information content (AvgIpc) is 3.01. The maximum absolute atomic E-state index is 13.5. The number of fused-ring (bicyclic) bond motifs is 1. The van der Waals surface area contributed by atoms with Crippen molar-refractivity contribution in [2.75, 3.05) is 22.1 Å². The van der Waals surface area contributed by atoms with Crippen LogP contribution in [0.25, 0.3) is 11.3 Å². The quantitative estimate of drug-likeness (QED) is 0.486. The lowest BCUT2D eigenvalue weighted by molar-refractivity contribution is 0.253. The fraction of sp³-hybridized carbons (Fsp3) is 0.440. The molecule has 0 aromatic carbocycles. The first kappa shape index (κ1) is 23.2. The average molecular weight is 465 g/mol. The first-order valence-electron chi connectivity index (χ1n) is 11.3. The number of hydrogen-bond donors (Lipinski definition) is 2. The highest BCUT2D eigenvalue weighted by Gasteiger charge is 2.33. The number of anilines is 3. The molecule has 8 heteroatoms. The van der Waals surface area contributed by atoms with Crippen molar-refractivity contribution < 1.29 is 4.79 Å². The van der Waals surface area contributed by atoms with E-state index in [0.29, 0.717) is 10.9 Å². The number of urea groups is 1. The van der Waals surface area contributed by atoms with E-state index in [4.69, 9.17) is 4.98 Å². The van der Waals surface area contributed by atoms with Gasteiger partial charge >= 0.3 is 6.03 Å². The lowest BCUT2D eigenvalue weighted by Crippen LogP contribution is -2.45. The molecule has 0 saturated heterocycles. The van der Waals surface area contributed by atoms with Crippen molar-refractivity contribution in [3.8, 4) is 11.3 Å². The number of rotatable bonds is 2. The van der Waals surface area contributed by atoms with Crippen LogP contribution in [0.2, 0.25) is 0 Å². The zero-order valence-corrected chi connectivity index (χ0v) is 21.2. The molecular formula is C25H32N6OS. The molecule has 1 aliphatic rings. The summed E-state index contributed by atoms with van der Waals surface area (Å²) in [4.78, 5) is 30.2. The minimum absolute atomic E-state index is 0.0178. The molecule has 0 unspecified atom stereocenters. The van der Waals surface area contributed by atoms with Gasteiger partial charge in [-0.15, -0.1) is 11.3 Å². The van der Waals surface area contributed by atoms with E-state index in [1.807, 2.05) is 38.4 Å². The molecule has 2 N–H and O–H groups in total. The highest BCUT2D eigenvalue weighted by atomic mass is 32.1. The van der Waals surface area contributed by atoms with Gasteiger partial charge in [-0.25, -0.2) is 14.8 Å². The summed E-state index contributed by atoms with van der Waals surface area (Å²) in [6.07, 6.45) is 3.72. The van der Waals surface area contributed by atoms with E-state index in [0.717, 1.165) is 39.6 Å². The van der Waals surface area contributed by atoms with Crippen LogP contribution in [0.1, 0.15) is 50.8 Å². The summed E-state index contributed by atoms with van der Waals surface area (Å²) in [6, 6.07) is 5.84. The molecule has 0 bridgehead atoms. The Morgan fingerprint density at radius 1 is 1.18 bits per heavy atom. The number of amides is 2. The van der Waals surface area contributed by atoms with Crippen LogP contribution >= 0.6 is 11.3 Å². The van der Waals surface area contributed by atoms with Gasteiger partial charge in [-0.3, -0.25) is 15.2 Å². The van der Waals surface area contributed by atoms with Gasteiger partial charge in [0.1, 0.15) is 0 Å². The third-order valence-corrected chi connectivity index (χ3v) is 7.30. The molecule has 4 rings (SSSR count). The van der Waals surface area contributed by atoms with Crippen LogP contribution in [0.3, 0.4) is 0 Å². The van der Waals surface area contributed by atoms with Gasteiger partial charge in [-0.2, -0.15) is 0 Å². The Morgan fingerprint density at radius 3 is 2.61 bits per heavy atom. The van der Waals surface area contributed by atoms with E-state index in [1.165, 1.54) is 11.3 Å². The van der Waals surface area contributed by atoms with Crippen molar-refractivity contribution in [3.63, 3.8) is 0 Å². The predicted molar refractivity (Wildman–Crippen MR) is 136 cm³/mol. The smallest absolute Gasteiger partial charge is 0.329 e. The Morgan fingerprint density at radius 2 is 1.94 bits per heavy atom. The van der Waals surface area contributed by atoms with E-state index in [-0.39, 0.29) is 23.4 Å². The van der Waals surface area contributed by atoms with Crippen LogP contribution in [-0.2, 0) is 5.41 Å². The first-order valence-corrected chi connectivity index (χ1v) is 12.1. The zero-order valence-electron chi connectivity index (χ0n) is 20.4. The molecule has 3 aromatic rings. The molecule has 7 nitrogen and oxygen atoms in total. The number of aryl methyl sites for hydroxylation is 2. The number of pyridine rings is 2. The van der Waals surface area contributed by atoms with Gasteiger partial charge in [0.05, 0.1) is 17.1 Å². The van der Waals surface area contributed by atoms with Gasteiger partial charge in [-0.05, 0) is 55.9 Å². The molecule has 174 valence electrons. The van der Waals surface area contributed by atoms with Crippen molar-refractivity contribution in [2.45, 2.75) is 59.9 Å². The van der Waals surface area contributed by atoms with Crippen molar-refractivity contribution in [2.24, 2.45) is 5.92 Å². The summed E-state index contributed by atoms with van der Waals surface area (Å²) < 4.78 is 0. The summed E-state index contributed by atoms with van der Waals surface area (Å²) in [6.45, 7) is 15.4. The molecule has 2 atom stereocenters. The topological polar surface area (TPSA) is 83.0 Å². The number of carbonyl (C=O) groups is 1. The van der Waals surface area contributed by atoms with Crippen molar-refractivity contribution in [1.82, 2.24) is 15.0 Å². The Bertz CT molecular complexity index is 1160. The second-order valence-corrected chi connectivity index (χ2v) is 11.0. The van der Waals surface area contributed by atoms with Gasteiger partial charge in [0.2, 0.25) is 0 Å². The number of thiazole rings is 1. The lowest BCUT2D eigenvalue weighted by atomic mass is 9.87. The summed E-state index contributed by atoms with van der Waals surface area (Å²) in [5, 5.41) is 7.07. The van der Waals surface area contributed by atoms with E-state index >= 15 is 0 Å². The first-order chi connectivity index (χ1) is 15.5. The monoisotopic (exact) mass is 464 g/mol. The summed E-state index contributed by atoms with van der Waals surface area (Å²) in [5.41, 5.74) is 4.62. The number of nitrogens with zero attached hydrogens (tertiary/aromatic N) is 4. The van der Waals surface area contributed by atoms with Gasteiger partial charge in [-0.1, -0.05) is 27.7 Å². The van der Waals surface area contributed by atoms with Crippen molar-refractivity contribution in [3.05, 3.63) is 46.7 Å².